The molecule has 0 aliphatic carbocycles. The molecule has 0 aromatic carbocycles. The Bertz CT molecular complexity index is 502. The lowest BCUT2D eigenvalue weighted by Crippen LogP contribution is -2.55. The van der Waals surface area contributed by atoms with Crippen LogP contribution >= 0.6 is 11.3 Å². The molecule has 21 heavy (non-hydrogen) atoms. The van der Waals surface area contributed by atoms with Crippen LogP contribution in [0.1, 0.15) is 58.2 Å². The van der Waals surface area contributed by atoms with Crippen LogP contribution in [0.2, 0.25) is 0 Å². The van der Waals surface area contributed by atoms with Crippen molar-refractivity contribution in [1.82, 2.24) is 15.2 Å². The largest absolute Gasteiger partial charge is 0.303 e. The number of nitrogens with one attached hydrogen (secondary N) is 1. The summed E-state index contributed by atoms with van der Waals surface area (Å²) in [6.45, 7) is 15.0. The van der Waals surface area contributed by atoms with Crippen molar-refractivity contribution in [2.24, 2.45) is 5.92 Å². The van der Waals surface area contributed by atoms with E-state index in [1.165, 1.54) is 43.2 Å². The first-order valence-electron chi connectivity index (χ1n) is 8.28. The SMILES string of the molecule is CC(C)NC1(c2nc(C(C)(C)C)cs2)CCN2CCC1C2. The Morgan fingerprint density at radius 3 is 2.76 bits per heavy atom. The summed E-state index contributed by atoms with van der Waals surface area (Å²) in [7, 11) is 0. The summed E-state index contributed by atoms with van der Waals surface area (Å²) in [4.78, 5) is 7.70. The van der Waals surface area contributed by atoms with E-state index in [0.29, 0.717) is 12.0 Å². The van der Waals surface area contributed by atoms with Crippen molar-refractivity contribution in [1.29, 1.82) is 0 Å². The van der Waals surface area contributed by atoms with Gasteiger partial charge in [0.2, 0.25) is 0 Å². The number of aromatic nitrogens is 1. The molecule has 1 aromatic heterocycles. The third-order valence-electron chi connectivity index (χ3n) is 4.99. The van der Waals surface area contributed by atoms with Gasteiger partial charge in [0.15, 0.2) is 0 Å². The molecule has 3 unspecified atom stereocenters. The number of fused-ring (bicyclic) bond motifs is 2. The maximum atomic E-state index is 5.08. The Morgan fingerprint density at radius 2 is 2.14 bits per heavy atom. The fourth-order valence-electron chi connectivity index (χ4n) is 3.85. The third-order valence-corrected chi connectivity index (χ3v) is 6.01. The second-order valence-corrected chi connectivity index (χ2v) is 8.95. The molecule has 1 N–H and O–H groups in total. The highest BCUT2D eigenvalue weighted by Crippen LogP contribution is 2.44. The van der Waals surface area contributed by atoms with E-state index in [1.807, 2.05) is 11.3 Å². The van der Waals surface area contributed by atoms with Gasteiger partial charge >= 0.3 is 0 Å². The van der Waals surface area contributed by atoms with E-state index in [1.54, 1.807) is 0 Å². The standard InChI is InChI=1S/C17H29N3S/c1-12(2)19-17(7-9-20-8-6-13(17)10-20)15-18-14(11-21-15)16(3,4)5/h11-13,19H,6-10H2,1-5H3. The van der Waals surface area contributed by atoms with Crippen molar-refractivity contribution in [2.75, 3.05) is 19.6 Å². The van der Waals surface area contributed by atoms with Gasteiger partial charge in [-0.25, -0.2) is 4.98 Å². The number of thiazole rings is 1. The van der Waals surface area contributed by atoms with Gasteiger partial charge in [-0.05, 0) is 39.2 Å². The summed E-state index contributed by atoms with van der Waals surface area (Å²) in [6, 6.07) is 0.499. The van der Waals surface area contributed by atoms with E-state index < -0.39 is 0 Å². The highest BCUT2D eigenvalue weighted by Gasteiger charge is 2.49. The smallest absolute Gasteiger partial charge is 0.113 e. The zero-order valence-corrected chi connectivity index (χ0v) is 14.9. The van der Waals surface area contributed by atoms with Gasteiger partial charge in [-0.15, -0.1) is 11.3 Å². The van der Waals surface area contributed by atoms with E-state index >= 15 is 0 Å². The molecule has 2 aliphatic heterocycles. The summed E-state index contributed by atoms with van der Waals surface area (Å²) in [5.41, 5.74) is 1.49. The molecule has 3 nitrogen and oxygen atoms in total. The lowest BCUT2D eigenvalue weighted by molar-refractivity contribution is 0.120. The summed E-state index contributed by atoms with van der Waals surface area (Å²) in [5.74, 6) is 0.715. The second kappa shape index (κ2) is 5.32. The molecule has 3 heterocycles. The monoisotopic (exact) mass is 307 g/mol. The summed E-state index contributed by atoms with van der Waals surface area (Å²) in [6.07, 6.45) is 2.51. The highest BCUT2D eigenvalue weighted by atomic mass is 32.1. The molecule has 3 rings (SSSR count). The zero-order chi connectivity index (χ0) is 15.3. The molecule has 0 saturated carbocycles. The van der Waals surface area contributed by atoms with Gasteiger partial charge in [0.25, 0.3) is 0 Å². The molecule has 1 aromatic rings. The number of nitrogens with zero attached hydrogens (tertiary/aromatic N) is 2. The first-order valence-corrected chi connectivity index (χ1v) is 9.16. The van der Waals surface area contributed by atoms with Crippen LogP contribution < -0.4 is 5.32 Å². The Labute approximate surface area is 133 Å². The van der Waals surface area contributed by atoms with Gasteiger partial charge in [-0.3, -0.25) is 0 Å². The van der Waals surface area contributed by atoms with Crippen molar-refractivity contribution >= 4 is 11.3 Å². The predicted octanol–water partition coefficient (Wildman–Crippen LogP) is 3.36. The molecule has 0 amide bonds. The Morgan fingerprint density at radius 1 is 1.38 bits per heavy atom. The van der Waals surface area contributed by atoms with Crippen LogP contribution in [-0.2, 0) is 11.0 Å². The van der Waals surface area contributed by atoms with E-state index in [2.05, 4.69) is 50.2 Å². The van der Waals surface area contributed by atoms with Gasteiger partial charge < -0.3 is 10.2 Å². The Kier molecular flexibility index (Phi) is 3.92. The van der Waals surface area contributed by atoms with Gasteiger partial charge in [0, 0.05) is 29.9 Å². The molecule has 2 bridgehead atoms. The Hall–Kier alpha value is -0.450. The molecule has 2 saturated heterocycles. The normalized spacial score (nSPS) is 32.9. The van der Waals surface area contributed by atoms with Gasteiger partial charge in [0.05, 0.1) is 11.2 Å². The van der Waals surface area contributed by atoms with Crippen molar-refractivity contribution in [2.45, 2.75) is 64.5 Å². The topological polar surface area (TPSA) is 28.2 Å². The maximum absolute atomic E-state index is 5.08. The first-order chi connectivity index (χ1) is 9.81. The lowest BCUT2D eigenvalue weighted by Gasteiger charge is -2.43. The minimum atomic E-state index is 0.106. The van der Waals surface area contributed by atoms with Crippen molar-refractivity contribution in [3.8, 4) is 0 Å². The van der Waals surface area contributed by atoms with Crippen LogP contribution in [0.5, 0.6) is 0 Å². The van der Waals surface area contributed by atoms with Crippen molar-refractivity contribution < 1.29 is 0 Å². The second-order valence-electron chi connectivity index (χ2n) is 8.09. The fourth-order valence-corrected chi connectivity index (χ4v) is 5.17. The minimum Gasteiger partial charge on any atom is -0.303 e. The van der Waals surface area contributed by atoms with Crippen LogP contribution in [0.4, 0.5) is 0 Å². The van der Waals surface area contributed by atoms with Gasteiger partial charge in [-0.2, -0.15) is 0 Å². The van der Waals surface area contributed by atoms with E-state index in [9.17, 15) is 0 Å². The average Bonchev–Trinajstić information content (AvgIpc) is 3.01. The van der Waals surface area contributed by atoms with Crippen LogP contribution in [-0.4, -0.2) is 35.6 Å². The fraction of sp³-hybridized carbons (Fsp3) is 0.824. The molecule has 0 spiro atoms. The van der Waals surface area contributed by atoms with E-state index in [4.69, 9.17) is 4.98 Å². The summed E-state index contributed by atoms with van der Waals surface area (Å²) in [5, 5.41) is 7.53. The number of piperidine rings is 1. The Balaban J connectivity index is 1.97. The highest BCUT2D eigenvalue weighted by molar-refractivity contribution is 7.09. The summed E-state index contributed by atoms with van der Waals surface area (Å²) >= 11 is 1.87. The molecule has 3 atom stereocenters. The van der Waals surface area contributed by atoms with E-state index in [0.717, 1.165) is 0 Å². The quantitative estimate of drug-likeness (QED) is 0.928. The van der Waals surface area contributed by atoms with Gasteiger partial charge in [0.1, 0.15) is 5.01 Å². The molecule has 0 radical (unpaired) electrons. The number of rotatable bonds is 3. The van der Waals surface area contributed by atoms with Crippen LogP contribution in [0, 0.1) is 5.92 Å². The van der Waals surface area contributed by atoms with Crippen LogP contribution in [0.15, 0.2) is 5.38 Å². The summed E-state index contributed by atoms with van der Waals surface area (Å²) < 4.78 is 0. The zero-order valence-electron chi connectivity index (χ0n) is 14.1. The maximum Gasteiger partial charge on any atom is 0.113 e. The number of hydrogen-bond acceptors (Lipinski definition) is 4. The van der Waals surface area contributed by atoms with Crippen LogP contribution in [0.3, 0.4) is 0 Å². The molecule has 118 valence electrons. The number of hydrogen-bond donors (Lipinski definition) is 1. The van der Waals surface area contributed by atoms with Gasteiger partial charge in [-0.1, -0.05) is 20.8 Å². The third kappa shape index (κ3) is 2.78. The molecular formula is C17H29N3S. The molecular weight excluding hydrogens is 278 g/mol. The van der Waals surface area contributed by atoms with Crippen LogP contribution in [0.25, 0.3) is 0 Å². The average molecular weight is 308 g/mol. The molecule has 2 fully saturated rings. The first kappa shape index (κ1) is 15.4. The molecule has 4 heteroatoms. The molecule has 2 aliphatic rings. The van der Waals surface area contributed by atoms with Crippen molar-refractivity contribution in [3.05, 3.63) is 16.1 Å². The lowest BCUT2D eigenvalue weighted by atomic mass is 9.78. The minimum absolute atomic E-state index is 0.106. The van der Waals surface area contributed by atoms with E-state index in [-0.39, 0.29) is 11.0 Å². The predicted molar refractivity (Wildman–Crippen MR) is 89.9 cm³/mol. The van der Waals surface area contributed by atoms with Crippen molar-refractivity contribution in [3.63, 3.8) is 0 Å².